The van der Waals surface area contributed by atoms with Crippen molar-refractivity contribution >= 4 is 5.57 Å². The zero-order valence-corrected chi connectivity index (χ0v) is 15.0. The van der Waals surface area contributed by atoms with E-state index in [9.17, 15) is 0 Å². The van der Waals surface area contributed by atoms with Crippen molar-refractivity contribution in [2.24, 2.45) is 29.6 Å². The maximum atomic E-state index is 2.52. The lowest BCUT2D eigenvalue weighted by Gasteiger charge is -2.45. The van der Waals surface area contributed by atoms with Crippen molar-refractivity contribution in [1.82, 2.24) is 0 Å². The fourth-order valence-corrected chi connectivity index (χ4v) is 5.02. The monoisotopic (exact) mass is 296 g/mol. The summed E-state index contributed by atoms with van der Waals surface area (Å²) < 4.78 is 0. The Morgan fingerprint density at radius 2 is 1.73 bits per heavy atom. The SMILES string of the molecule is CC1=C(C2C(C(C)C)CC[C@@H](C)C2C)c2ccccc2CC1. The van der Waals surface area contributed by atoms with E-state index in [0.717, 1.165) is 29.6 Å². The summed E-state index contributed by atoms with van der Waals surface area (Å²) in [6.45, 7) is 12.3. The molecular weight excluding hydrogens is 264 g/mol. The van der Waals surface area contributed by atoms with Crippen LogP contribution in [0.4, 0.5) is 0 Å². The number of aryl methyl sites for hydroxylation is 1. The normalized spacial score (nSPS) is 32.3. The summed E-state index contributed by atoms with van der Waals surface area (Å²) >= 11 is 0. The molecule has 120 valence electrons. The van der Waals surface area contributed by atoms with Crippen LogP contribution in [0.5, 0.6) is 0 Å². The summed E-state index contributed by atoms with van der Waals surface area (Å²) in [6.07, 6.45) is 5.31. The van der Waals surface area contributed by atoms with Gasteiger partial charge in [0.15, 0.2) is 0 Å². The van der Waals surface area contributed by atoms with E-state index in [2.05, 4.69) is 58.9 Å². The summed E-state index contributed by atoms with van der Waals surface area (Å²) in [5.74, 6) is 4.05. The van der Waals surface area contributed by atoms with Gasteiger partial charge in [0.1, 0.15) is 0 Å². The number of fused-ring (bicyclic) bond motifs is 1. The van der Waals surface area contributed by atoms with Crippen molar-refractivity contribution < 1.29 is 0 Å². The van der Waals surface area contributed by atoms with Crippen LogP contribution in [0.1, 0.15) is 65.0 Å². The van der Waals surface area contributed by atoms with Crippen LogP contribution in [-0.2, 0) is 6.42 Å². The van der Waals surface area contributed by atoms with E-state index in [-0.39, 0.29) is 0 Å². The lowest BCUT2D eigenvalue weighted by atomic mass is 9.59. The number of rotatable bonds is 2. The molecule has 3 unspecified atom stereocenters. The maximum absolute atomic E-state index is 2.52. The third kappa shape index (κ3) is 2.66. The van der Waals surface area contributed by atoms with Gasteiger partial charge in [-0.2, -0.15) is 0 Å². The standard InChI is InChI=1S/C22H32/c1-14(2)19-13-11-15(3)17(5)22(19)21-16(4)10-12-18-8-6-7-9-20(18)21/h6-9,14-15,17,19,22H,10-13H2,1-5H3/t15-,17?,19?,22?/m1/s1. The fraction of sp³-hybridized carbons (Fsp3) is 0.636. The van der Waals surface area contributed by atoms with E-state index in [1.165, 1.54) is 25.7 Å². The molecule has 22 heavy (non-hydrogen) atoms. The lowest BCUT2D eigenvalue weighted by Crippen LogP contribution is -2.36. The Morgan fingerprint density at radius 3 is 2.45 bits per heavy atom. The van der Waals surface area contributed by atoms with Crippen molar-refractivity contribution in [2.45, 2.75) is 60.3 Å². The molecule has 0 bridgehead atoms. The first-order chi connectivity index (χ1) is 10.5. The molecular formula is C22H32. The summed E-state index contributed by atoms with van der Waals surface area (Å²) in [6, 6.07) is 9.18. The molecule has 2 aliphatic carbocycles. The second kappa shape index (κ2) is 6.22. The Balaban J connectivity index is 2.09. The molecule has 0 spiro atoms. The zero-order valence-electron chi connectivity index (χ0n) is 15.0. The number of benzene rings is 1. The van der Waals surface area contributed by atoms with Gasteiger partial charge in [0, 0.05) is 0 Å². The van der Waals surface area contributed by atoms with Crippen LogP contribution in [0.3, 0.4) is 0 Å². The molecule has 0 N–H and O–H groups in total. The predicted octanol–water partition coefficient (Wildman–Crippen LogP) is 6.36. The highest BCUT2D eigenvalue weighted by atomic mass is 14.4. The number of hydrogen-bond donors (Lipinski definition) is 0. The molecule has 0 heteroatoms. The van der Waals surface area contributed by atoms with Gasteiger partial charge in [0.05, 0.1) is 0 Å². The largest absolute Gasteiger partial charge is 0.0689 e. The van der Waals surface area contributed by atoms with E-state index in [1.807, 2.05) is 0 Å². The quantitative estimate of drug-likeness (QED) is 0.595. The number of hydrogen-bond acceptors (Lipinski definition) is 0. The van der Waals surface area contributed by atoms with Gasteiger partial charge in [-0.05, 0) is 72.5 Å². The van der Waals surface area contributed by atoms with Crippen LogP contribution in [-0.4, -0.2) is 0 Å². The predicted molar refractivity (Wildman–Crippen MR) is 96.7 cm³/mol. The topological polar surface area (TPSA) is 0 Å². The van der Waals surface area contributed by atoms with E-state index in [4.69, 9.17) is 0 Å². The van der Waals surface area contributed by atoms with Gasteiger partial charge >= 0.3 is 0 Å². The molecule has 1 saturated carbocycles. The van der Waals surface area contributed by atoms with Crippen LogP contribution in [0.15, 0.2) is 29.8 Å². The van der Waals surface area contributed by atoms with Gasteiger partial charge < -0.3 is 0 Å². The van der Waals surface area contributed by atoms with Crippen LogP contribution >= 0.6 is 0 Å². The lowest BCUT2D eigenvalue weighted by molar-refractivity contribution is 0.119. The average Bonchev–Trinajstić information content (AvgIpc) is 2.50. The molecule has 0 heterocycles. The summed E-state index contributed by atoms with van der Waals surface area (Å²) in [4.78, 5) is 0. The first-order valence-electron chi connectivity index (χ1n) is 9.28. The molecule has 0 amide bonds. The van der Waals surface area contributed by atoms with Gasteiger partial charge in [-0.15, -0.1) is 0 Å². The second-order valence-corrected chi connectivity index (χ2v) is 8.20. The first kappa shape index (κ1) is 15.8. The van der Waals surface area contributed by atoms with Crippen molar-refractivity contribution in [2.75, 3.05) is 0 Å². The van der Waals surface area contributed by atoms with Gasteiger partial charge in [-0.1, -0.05) is 64.0 Å². The Bertz CT molecular complexity index is 563. The minimum Gasteiger partial charge on any atom is -0.0689 e. The minimum atomic E-state index is 0.755. The third-order valence-corrected chi connectivity index (χ3v) is 6.61. The molecule has 4 atom stereocenters. The summed E-state index contributed by atoms with van der Waals surface area (Å²) in [5, 5.41) is 0. The zero-order chi connectivity index (χ0) is 15.9. The molecule has 1 aromatic rings. The Kier molecular flexibility index (Phi) is 4.48. The fourth-order valence-electron chi connectivity index (χ4n) is 5.02. The summed E-state index contributed by atoms with van der Waals surface area (Å²) in [7, 11) is 0. The van der Waals surface area contributed by atoms with Crippen molar-refractivity contribution in [3.8, 4) is 0 Å². The van der Waals surface area contributed by atoms with Crippen molar-refractivity contribution in [1.29, 1.82) is 0 Å². The minimum absolute atomic E-state index is 0.755. The smallest absolute Gasteiger partial charge is 0.00974 e. The van der Waals surface area contributed by atoms with Gasteiger partial charge in [0.25, 0.3) is 0 Å². The summed E-state index contributed by atoms with van der Waals surface area (Å²) in [5.41, 5.74) is 6.54. The Hall–Kier alpha value is -1.04. The van der Waals surface area contributed by atoms with E-state index >= 15 is 0 Å². The Labute approximate surface area is 137 Å². The highest BCUT2D eigenvalue weighted by molar-refractivity contribution is 5.75. The Morgan fingerprint density at radius 1 is 1.00 bits per heavy atom. The van der Waals surface area contributed by atoms with Crippen molar-refractivity contribution in [3.63, 3.8) is 0 Å². The molecule has 1 fully saturated rings. The molecule has 2 aliphatic rings. The van der Waals surface area contributed by atoms with E-state index < -0.39 is 0 Å². The van der Waals surface area contributed by atoms with Crippen LogP contribution in [0.25, 0.3) is 5.57 Å². The van der Waals surface area contributed by atoms with Gasteiger partial charge in [-0.25, -0.2) is 0 Å². The molecule has 3 rings (SSSR count). The molecule has 0 nitrogen and oxygen atoms in total. The molecule has 1 aromatic carbocycles. The van der Waals surface area contributed by atoms with Crippen LogP contribution in [0.2, 0.25) is 0 Å². The van der Waals surface area contributed by atoms with Crippen LogP contribution in [0, 0.1) is 29.6 Å². The maximum Gasteiger partial charge on any atom is -0.00974 e. The van der Waals surface area contributed by atoms with E-state index in [1.54, 1.807) is 22.3 Å². The molecule has 0 saturated heterocycles. The third-order valence-electron chi connectivity index (χ3n) is 6.61. The second-order valence-electron chi connectivity index (χ2n) is 8.20. The van der Waals surface area contributed by atoms with Crippen LogP contribution < -0.4 is 0 Å². The molecule has 0 radical (unpaired) electrons. The molecule has 0 aliphatic heterocycles. The average molecular weight is 296 g/mol. The first-order valence-corrected chi connectivity index (χ1v) is 9.28. The van der Waals surface area contributed by atoms with Crippen molar-refractivity contribution in [3.05, 3.63) is 41.0 Å². The highest BCUT2D eigenvalue weighted by Crippen LogP contribution is 2.51. The van der Waals surface area contributed by atoms with Gasteiger partial charge in [0.2, 0.25) is 0 Å². The van der Waals surface area contributed by atoms with Gasteiger partial charge in [-0.3, -0.25) is 0 Å². The van der Waals surface area contributed by atoms with E-state index in [0.29, 0.717) is 0 Å². The molecule has 0 aromatic heterocycles. The number of allylic oxidation sites excluding steroid dienone is 2. The highest BCUT2D eigenvalue weighted by Gasteiger charge is 2.40.